The van der Waals surface area contributed by atoms with Gasteiger partial charge in [0, 0.05) is 12.8 Å². The number of hydrogen-bond acceptors (Lipinski definition) is 5. The molecule has 2 aromatic heterocycles. The Morgan fingerprint density at radius 1 is 1.18 bits per heavy atom. The molecule has 1 fully saturated rings. The van der Waals surface area contributed by atoms with E-state index in [-0.39, 0.29) is 17.9 Å². The standard InChI is InChI=1S/C15H17N5O.ClH/c16-15(8-3-9-15)14-19-13(21-20-14)7-6-12-17-10-4-1-2-5-11(10)18-12;/h1-2,4-5H,3,6-9,16H2,(H,17,18);1H. The van der Waals surface area contributed by atoms with Gasteiger partial charge in [-0.2, -0.15) is 4.98 Å². The van der Waals surface area contributed by atoms with Crippen molar-refractivity contribution in [1.82, 2.24) is 20.1 Å². The van der Waals surface area contributed by atoms with Crippen molar-refractivity contribution < 1.29 is 4.52 Å². The number of nitrogens with zero attached hydrogens (tertiary/aromatic N) is 3. The predicted octanol–water partition coefficient (Wildman–Crippen LogP) is 2.49. The van der Waals surface area contributed by atoms with Crippen molar-refractivity contribution in [3.05, 3.63) is 41.8 Å². The van der Waals surface area contributed by atoms with Gasteiger partial charge in [0.1, 0.15) is 5.82 Å². The van der Waals surface area contributed by atoms with E-state index in [1.54, 1.807) is 0 Å². The average molecular weight is 320 g/mol. The normalized spacial score (nSPS) is 16.2. The Kier molecular flexibility index (Phi) is 3.88. The molecular formula is C15H18ClN5O. The van der Waals surface area contributed by atoms with Crippen LogP contribution < -0.4 is 5.73 Å². The van der Waals surface area contributed by atoms with E-state index in [0.29, 0.717) is 18.1 Å². The molecule has 0 bridgehead atoms. The van der Waals surface area contributed by atoms with Crippen LogP contribution in [0.25, 0.3) is 11.0 Å². The summed E-state index contributed by atoms with van der Waals surface area (Å²) in [6.07, 6.45) is 4.43. The molecule has 7 heteroatoms. The first-order valence-corrected chi connectivity index (χ1v) is 7.28. The van der Waals surface area contributed by atoms with Crippen LogP contribution in [0.3, 0.4) is 0 Å². The highest BCUT2D eigenvalue weighted by Gasteiger charge is 2.38. The fraction of sp³-hybridized carbons (Fsp3) is 0.400. The number of aromatic nitrogens is 4. The maximum Gasteiger partial charge on any atom is 0.227 e. The summed E-state index contributed by atoms with van der Waals surface area (Å²) in [7, 11) is 0. The van der Waals surface area contributed by atoms with Crippen molar-refractivity contribution in [3.8, 4) is 0 Å². The molecular weight excluding hydrogens is 302 g/mol. The number of benzene rings is 1. The number of rotatable bonds is 4. The summed E-state index contributed by atoms with van der Waals surface area (Å²) in [5.74, 6) is 2.21. The molecule has 1 aliphatic carbocycles. The molecule has 0 aliphatic heterocycles. The van der Waals surface area contributed by atoms with E-state index in [0.717, 1.165) is 42.5 Å². The number of nitrogens with two attached hydrogens (primary N) is 1. The molecule has 1 aliphatic rings. The Labute approximate surface area is 133 Å². The van der Waals surface area contributed by atoms with Crippen LogP contribution in [0.5, 0.6) is 0 Å². The zero-order valence-electron chi connectivity index (χ0n) is 12.1. The van der Waals surface area contributed by atoms with Crippen LogP contribution in [0.15, 0.2) is 28.8 Å². The minimum absolute atomic E-state index is 0. The van der Waals surface area contributed by atoms with E-state index < -0.39 is 0 Å². The van der Waals surface area contributed by atoms with E-state index in [9.17, 15) is 0 Å². The second-order valence-corrected chi connectivity index (χ2v) is 5.72. The molecule has 0 unspecified atom stereocenters. The third-order valence-electron chi connectivity index (χ3n) is 4.17. The second-order valence-electron chi connectivity index (χ2n) is 5.72. The zero-order valence-corrected chi connectivity index (χ0v) is 12.9. The SMILES string of the molecule is Cl.NC1(c2noc(CCc3nc4ccccc4[nH]3)n2)CCC1. The van der Waals surface area contributed by atoms with Gasteiger partial charge in [0.15, 0.2) is 5.82 Å². The van der Waals surface area contributed by atoms with E-state index in [1.807, 2.05) is 24.3 Å². The predicted molar refractivity (Wildman–Crippen MR) is 84.8 cm³/mol. The molecule has 0 amide bonds. The number of halogens is 1. The third-order valence-corrected chi connectivity index (χ3v) is 4.17. The molecule has 2 heterocycles. The summed E-state index contributed by atoms with van der Waals surface area (Å²) in [5.41, 5.74) is 7.86. The number of hydrogen-bond donors (Lipinski definition) is 2. The van der Waals surface area contributed by atoms with Crippen molar-refractivity contribution in [2.75, 3.05) is 0 Å². The van der Waals surface area contributed by atoms with Gasteiger partial charge in [-0.3, -0.25) is 0 Å². The topological polar surface area (TPSA) is 93.6 Å². The van der Waals surface area contributed by atoms with Crippen molar-refractivity contribution in [1.29, 1.82) is 0 Å². The van der Waals surface area contributed by atoms with Crippen molar-refractivity contribution in [2.45, 2.75) is 37.6 Å². The van der Waals surface area contributed by atoms with Crippen LogP contribution in [0.1, 0.15) is 36.8 Å². The number of aryl methyl sites for hydroxylation is 2. The molecule has 1 aromatic carbocycles. The van der Waals surface area contributed by atoms with Gasteiger partial charge in [0.25, 0.3) is 0 Å². The lowest BCUT2D eigenvalue weighted by molar-refractivity contribution is 0.229. The molecule has 3 aromatic rings. The summed E-state index contributed by atoms with van der Waals surface area (Å²) in [6.45, 7) is 0. The maximum absolute atomic E-state index is 6.19. The number of para-hydroxylation sites is 2. The number of imidazole rings is 1. The van der Waals surface area contributed by atoms with Gasteiger partial charge in [-0.15, -0.1) is 12.4 Å². The molecule has 22 heavy (non-hydrogen) atoms. The first-order valence-electron chi connectivity index (χ1n) is 7.28. The third kappa shape index (κ3) is 2.60. The molecule has 0 atom stereocenters. The molecule has 4 rings (SSSR count). The molecule has 0 radical (unpaired) electrons. The van der Waals surface area contributed by atoms with Crippen LogP contribution in [0.4, 0.5) is 0 Å². The Bertz CT molecular complexity index is 744. The fourth-order valence-corrected chi connectivity index (χ4v) is 2.69. The average Bonchev–Trinajstić information content (AvgIpc) is 3.09. The highest BCUT2D eigenvalue weighted by Crippen LogP contribution is 2.36. The van der Waals surface area contributed by atoms with E-state index in [4.69, 9.17) is 10.3 Å². The van der Waals surface area contributed by atoms with Gasteiger partial charge in [-0.05, 0) is 31.4 Å². The Morgan fingerprint density at radius 2 is 2.00 bits per heavy atom. The minimum Gasteiger partial charge on any atom is -0.342 e. The Hall–Kier alpha value is -1.92. The highest BCUT2D eigenvalue weighted by molar-refractivity contribution is 5.85. The smallest absolute Gasteiger partial charge is 0.227 e. The molecule has 1 saturated carbocycles. The first-order chi connectivity index (χ1) is 10.2. The summed E-state index contributed by atoms with van der Waals surface area (Å²) in [4.78, 5) is 12.3. The minimum atomic E-state index is -0.360. The fourth-order valence-electron chi connectivity index (χ4n) is 2.69. The quantitative estimate of drug-likeness (QED) is 0.770. The van der Waals surface area contributed by atoms with Gasteiger partial charge in [0.2, 0.25) is 5.89 Å². The lowest BCUT2D eigenvalue weighted by Gasteiger charge is -2.34. The number of H-pyrrole nitrogens is 1. The Morgan fingerprint density at radius 3 is 2.73 bits per heavy atom. The summed E-state index contributed by atoms with van der Waals surface area (Å²) < 4.78 is 5.30. The van der Waals surface area contributed by atoms with Crippen LogP contribution in [-0.2, 0) is 18.4 Å². The van der Waals surface area contributed by atoms with Crippen molar-refractivity contribution >= 4 is 23.4 Å². The van der Waals surface area contributed by atoms with Crippen LogP contribution in [0.2, 0.25) is 0 Å². The zero-order chi connectivity index (χ0) is 14.3. The van der Waals surface area contributed by atoms with E-state index >= 15 is 0 Å². The van der Waals surface area contributed by atoms with Crippen LogP contribution in [0, 0.1) is 0 Å². The lowest BCUT2D eigenvalue weighted by atomic mass is 9.77. The van der Waals surface area contributed by atoms with E-state index in [2.05, 4.69) is 20.1 Å². The van der Waals surface area contributed by atoms with Crippen LogP contribution >= 0.6 is 12.4 Å². The van der Waals surface area contributed by atoms with Crippen molar-refractivity contribution in [3.63, 3.8) is 0 Å². The maximum atomic E-state index is 6.19. The second kappa shape index (κ2) is 5.70. The Balaban J connectivity index is 0.00000144. The monoisotopic (exact) mass is 319 g/mol. The number of fused-ring (bicyclic) bond motifs is 1. The largest absolute Gasteiger partial charge is 0.342 e. The van der Waals surface area contributed by atoms with Gasteiger partial charge in [-0.1, -0.05) is 17.3 Å². The first kappa shape index (κ1) is 15.0. The number of aromatic amines is 1. The number of nitrogens with one attached hydrogen (secondary N) is 1. The molecule has 116 valence electrons. The van der Waals surface area contributed by atoms with E-state index in [1.165, 1.54) is 0 Å². The molecule has 3 N–H and O–H groups in total. The summed E-state index contributed by atoms with van der Waals surface area (Å²) >= 11 is 0. The van der Waals surface area contributed by atoms with Crippen molar-refractivity contribution in [2.24, 2.45) is 5.73 Å². The van der Waals surface area contributed by atoms with Crippen LogP contribution in [-0.4, -0.2) is 20.1 Å². The highest BCUT2D eigenvalue weighted by atomic mass is 35.5. The van der Waals surface area contributed by atoms with Gasteiger partial charge in [-0.25, -0.2) is 4.98 Å². The van der Waals surface area contributed by atoms with Gasteiger partial charge in [0.05, 0.1) is 16.6 Å². The summed E-state index contributed by atoms with van der Waals surface area (Å²) in [6, 6.07) is 7.99. The lowest BCUT2D eigenvalue weighted by Crippen LogP contribution is -2.44. The molecule has 0 saturated heterocycles. The van der Waals surface area contributed by atoms with Gasteiger partial charge < -0.3 is 15.2 Å². The molecule has 0 spiro atoms. The van der Waals surface area contributed by atoms with Gasteiger partial charge >= 0.3 is 0 Å². The molecule has 6 nitrogen and oxygen atoms in total. The summed E-state index contributed by atoms with van der Waals surface area (Å²) in [5, 5.41) is 4.02.